The van der Waals surface area contributed by atoms with Gasteiger partial charge in [0, 0.05) is 28.9 Å². The van der Waals surface area contributed by atoms with Gasteiger partial charge in [0.1, 0.15) is 11.7 Å². The van der Waals surface area contributed by atoms with Crippen LogP contribution in [0.3, 0.4) is 0 Å². The van der Waals surface area contributed by atoms with Crippen molar-refractivity contribution in [3.63, 3.8) is 0 Å². The quantitative estimate of drug-likeness (QED) is 0.175. The summed E-state index contributed by atoms with van der Waals surface area (Å²) in [6.45, 7) is 0. The Bertz CT molecular complexity index is 1520. The van der Waals surface area contributed by atoms with E-state index >= 15 is 0 Å². The van der Waals surface area contributed by atoms with Gasteiger partial charge in [0.2, 0.25) is 0 Å². The Morgan fingerprint density at radius 2 is 1.63 bits per heavy atom. The highest BCUT2D eigenvalue weighted by atomic mass is 16.2. The highest BCUT2D eigenvalue weighted by molar-refractivity contribution is 5.99. The summed E-state index contributed by atoms with van der Waals surface area (Å²) in [5, 5.41) is 5.12. The molecule has 4 bridgehead atoms. The highest BCUT2D eigenvalue weighted by Crippen LogP contribution is 2.61. The fourth-order valence-electron chi connectivity index (χ4n) is 8.23. The number of fused-ring (bicyclic) bond motifs is 2. The van der Waals surface area contributed by atoms with Gasteiger partial charge in [-0.3, -0.25) is 15.0 Å². The summed E-state index contributed by atoms with van der Waals surface area (Å²) in [4.78, 5) is 34.5. The van der Waals surface area contributed by atoms with Crippen LogP contribution in [0.2, 0.25) is 0 Å². The van der Waals surface area contributed by atoms with E-state index in [1.54, 1.807) is 0 Å². The zero-order chi connectivity index (χ0) is 25.9. The van der Waals surface area contributed by atoms with Crippen molar-refractivity contribution in [1.82, 2.24) is 20.7 Å². The van der Waals surface area contributed by atoms with E-state index in [1.807, 2.05) is 48.7 Å². The van der Waals surface area contributed by atoms with Gasteiger partial charge in [-0.25, -0.2) is 10.8 Å². The lowest BCUT2D eigenvalue weighted by Gasteiger charge is -2.57. The van der Waals surface area contributed by atoms with Crippen molar-refractivity contribution in [2.24, 2.45) is 23.6 Å². The molecule has 4 aromatic rings. The van der Waals surface area contributed by atoms with E-state index in [1.165, 1.54) is 44.1 Å². The second-order valence-corrected chi connectivity index (χ2v) is 11.9. The van der Waals surface area contributed by atoms with Crippen LogP contribution < -0.4 is 16.6 Å². The Morgan fingerprint density at radius 3 is 2.34 bits per heavy atom. The van der Waals surface area contributed by atoms with Gasteiger partial charge in [0.05, 0.1) is 5.52 Å². The first-order chi connectivity index (χ1) is 18.5. The van der Waals surface area contributed by atoms with E-state index in [0.717, 1.165) is 45.1 Å². The maximum atomic E-state index is 13.7. The topological polar surface area (TPSA) is 113 Å². The molecule has 38 heavy (non-hydrogen) atoms. The number of amides is 2. The van der Waals surface area contributed by atoms with Crippen molar-refractivity contribution in [3.8, 4) is 0 Å². The molecular formula is C31H33N5O2. The molecule has 4 aliphatic carbocycles. The molecule has 7 heteroatoms. The summed E-state index contributed by atoms with van der Waals surface area (Å²) >= 11 is 0. The number of H-pyrrole nitrogens is 1. The molecule has 0 aliphatic heterocycles. The number of nitrogens with two attached hydrogens (primary N) is 1. The third kappa shape index (κ3) is 3.88. The van der Waals surface area contributed by atoms with E-state index in [2.05, 4.69) is 27.9 Å². The van der Waals surface area contributed by atoms with Crippen LogP contribution in [0.5, 0.6) is 0 Å². The zero-order valence-electron chi connectivity index (χ0n) is 21.4. The number of carbonyl (C=O) groups is 2. The van der Waals surface area contributed by atoms with Gasteiger partial charge in [0.25, 0.3) is 11.8 Å². The van der Waals surface area contributed by atoms with Gasteiger partial charge in [0.15, 0.2) is 0 Å². The van der Waals surface area contributed by atoms with Crippen LogP contribution in [0.4, 0.5) is 0 Å². The highest BCUT2D eigenvalue weighted by Gasteiger charge is 2.52. The molecule has 2 aromatic carbocycles. The summed E-state index contributed by atoms with van der Waals surface area (Å²) in [6, 6.07) is 17.3. The van der Waals surface area contributed by atoms with Crippen molar-refractivity contribution >= 4 is 33.6 Å². The Labute approximate surface area is 221 Å². The molecule has 7 nitrogen and oxygen atoms in total. The van der Waals surface area contributed by atoms with Crippen LogP contribution in [0.15, 0.2) is 60.8 Å². The molecule has 4 saturated carbocycles. The molecule has 8 rings (SSSR count). The lowest BCUT2D eigenvalue weighted by Crippen LogP contribution is -2.50. The van der Waals surface area contributed by atoms with E-state index in [-0.39, 0.29) is 11.3 Å². The maximum Gasteiger partial charge on any atom is 0.270 e. The summed E-state index contributed by atoms with van der Waals surface area (Å²) < 4.78 is 0. The summed E-state index contributed by atoms with van der Waals surface area (Å²) in [5.41, 5.74) is 6.73. The molecule has 2 heterocycles. The second-order valence-electron chi connectivity index (χ2n) is 11.9. The first-order valence-corrected chi connectivity index (χ1v) is 13.8. The summed E-state index contributed by atoms with van der Waals surface area (Å²) in [6.07, 6.45) is 9.88. The standard InChI is InChI=1S/C31H33N5O2/c32-36-30(38)27(12-21-17-33-25-7-3-1-5-22(21)25)35-29(37)28-13-24(23-6-2-4-8-26(23)34-28)31-14-18-9-19(15-31)11-20(10-18)16-31/h1-8,13,17-20,27,33H,9-12,14-16,32H2,(H,35,37)(H,36,38)/t18?,19?,20?,27-,31?/m0/s1. The van der Waals surface area contributed by atoms with Gasteiger partial charge in [-0.2, -0.15) is 0 Å². The smallest absolute Gasteiger partial charge is 0.270 e. The van der Waals surface area contributed by atoms with Crippen LogP contribution >= 0.6 is 0 Å². The molecule has 0 unspecified atom stereocenters. The summed E-state index contributed by atoms with van der Waals surface area (Å²) in [5.74, 6) is 7.10. The van der Waals surface area contributed by atoms with Crippen molar-refractivity contribution in [1.29, 1.82) is 0 Å². The Kier molecular flexibility index (Phi) is 5.51. The fourth-order valence-corrected chi connectivity index (χ4v) is 8.23. The second kappa shape index (κ2) is 8.95. The molecule has 2 amide bonds. The number of rotatable bonds is 6. The minimum atomic E-state index is -0.831. The Hall–Kier alpha value is -3.71. The number of benzene rings is 2. The van der Waals surface area contributed by atoms with E-state index in [9.17, 15) is 9.59 Å². The minimum absolute atomic E-state index is 0.115. The number of nitrogens with one attached hydrogen (secondary N) is 3. The van der Waals surface area contributed by atoms with Crippen LogP contribution in [0, 0.1) is 17.8 Å². The van der Waals surface area contributed by atoms with Crippen molar-refractivity contribution in [2.75, 3.05) is 0 Å². The molecule has 0 spiro atoms. The first-order valence-electron chi connectivity index (χ1n) is 13.8. The van der Waals surface area contributed by atoms with Gasteiger partial charge >= 0.3 is 0 Å². The predicted octanol–water partition coefficient (Wildman–Crippen LogP) is 4.51. The molecule has 4 fully saturated rings. The number of pyridine rings is 1. The average Bonchev–Trinajstić information content (AvgIpc) is 3.33. The normalized spacial score (nSPS) is 26.5. The van der Waals surface area contributed by atoms with E-state index < -0.39 is 11.9 Å². The minimum Gasteiger partial charge on any atom is -0.361 e. The van der Waals surface area contributed by atoms with Crippen molar-refractivity contribution in [2.45, 2.75) is 56.4 Å². The Morgan fingerprint density at radius 1 is 0.974 bits per heavy atom. The number of carbonyl (C=O) groups excluding carboxylic acids is 2. The first kappa shape index (κ1) is 23.4. The van der Waals surface area contributed by atoms with Crippen LogP contribution in [-0.2, 0) is 16.6 Å². The van der Waals surface area contributed by atoms with Crippen molar-refractivity contribution < 1.29 is 9.59 Å². The van der Waals surface area contributed by atoms with Crippen LogP contribution in [0.25, 0.3) is 21.8 Å². The van der Waals surface area contributed by atoms with Gasteiger partial charge < -0.3 is 10.3 Å². The number of hydrogen-bond acceptors (Lipinski definition) is 4. The molecule has 5 N–H and O–H groups in total. The number of nitrogens with zero attached hydrogens (tertiary/aromatic N) is 1. The summed E-state index contributed by atoms with van der Waals surface area (Å²) in [7, 11) is 0. The van der Waals surface area contributed by atoms with E-state index in [4.69, 9.17) is 10.8 Å². The zero-order valence-corrected chi connectivity index (χ0v) is 21.4. The van der Waals surface area contributed by atoms with E-state index in [0.29, 0.717) is 12.1 Å². The predicted molar refractivity (Wildman–Crippen MR) is 147 cm³/mol. The van der Waals surface area contributed by atoms with Crippen molar-refractivity contribution in [3.05, 3.63) is 77.6 Å². The SMILES string of the molecule is NNC(=O)[C@H](Cc1c[nH]c2ccccc12)NC(=O)c1cc(C23CC4CC(CC(C4)C2)C3)c2ccccc2n1. The molecule has 0 radical (unpaired) electrons. The number of aromatic amines is 1. The number of para-hydroxylation sites is 2. The number of hydrogen-bond donors (Lipinski definition) is 4. The number of aromatic nitrogens is 2. The lowest BCUT2D eigenvalue weighted by atomic mass is 9.48. The largest absolute Gasteiger partial charge is 0.361 e. The van der Waals surface area contributed by atoms with Gasteiger partial charge in [-0.05, 0) is 91.0 Å². The molecular weight excluding hydrogens is 474 g/mol. The monoisotopic (exact) mass is 507 g/mol. The maximum absolute atomic E-state index is 13.7. The molecule has 1 atom stereocenters. The molecule has 4 aliphatic rings. The van der Waals surface area contributed by atoms with Crippen LogP contribution in [0.1, 0.15) is 60.1 Å². The third-order valence-electron chi connectivity index (χ3n) is 9.42. The van der Waals surface area contributed by atoms with Crippen LogP contribution in [-0.4, -0.2) is 27.8 Å². The molecule has 194 valence electrons. The number of hydrazine groups is 1. The van der Waals surface area contributed by atoms with Gasteiger partial charge in [-0.15, -0.1) is 0 Å². The average molecular weight is 508 g/mol. The molecule has 2 aromatic heterocycles. The van der Waals surface area contributed by atoms with Gasteiger partial charge in [-0.1, -0.05) is 36.4 Å². The third-order valence-corrected chi connectivity index (χ3v) is 9.42. The Balaban J connectivity index is 1.23. The lowest BCUT2D eigenvalue weighted by molar-refractivity contribution is -0.123. The fraction of sp³-hybridized carbons (Fsp3) is 0.387. The molecule has 0 saturated heterocycles.